The third-order valence-corrected chi connectivity index (χ3v) is 10.1. The SMILES string of the molecule is CC(C)(C)c1ccnc(-c2[c-]ccc3c2oc2cc(F)ccc23)c1.C[Si](C)(C)c1cnc(-c2[c-]cccc2)cc1-c1ccccc1.[Ir]. The number of aromatic nitrogens is 2. The largest absolute Gasteiger partial charge is 0.500 e. The molecule has 1 radical (unpaired) electrons. The Balaban J connectivity index is 0.000000181. The Morgan fingerprint density at radius 3 is 2.21 bits per heavy atom. The van der Waals surface area contributed by atoms with E-state index in [2.05, 4.69) is 112 Å². The molecule has 0 fully saturated rings. The first kappa shape index (κ1) is 34.1. The summed E-state index contributed by atoms with van der Waals surface area (Å²) in [4.78, 5) is 9.20. The Morgan fingerprint density at radius 1 is 0.745 bits per heavy atom. The molecule has 0 aliphatic rings. The van der Waals surface area contributed by atoms with E-state index in [9.17, 15) is 4.39 Å². The summed E-state index contributed by atoms with van der Waals surface area (Å²) >= 11 is 0. The fraction of sp³-hybridized carbons (Fsp3) is 0.171. The third-order valence-electron chi connectivity index (χ3n) is 8.06. The fourth-order valence-electron chi connectivity index (χ4n) is 5.55. The topological polar surface area (TPSA) is 38.9 Å². The molecule has 3 heterocycles. The molecule has 47 heavy (non-hydrogen) atoms. The molecule has 0 bridgehead atoms. The minimum Gasteiger partial charge on any atom is -0.500 e. The van der Waals surface area contributed by atoms with Crippen LogP contribution in [0.1, 0.15) is 26.3 Å². The second-order valence-corrected chi connectivity index (χ2v) is 18.6. The van der Waals surface area contributed by atoms with E-state index >= 15 is 0 Å². The van der Waals surface area contributed by atoms with Crippen molar-refractivity contribution in [2.75, 3.05) is 0 Å². The van der Waals surface area contributed by atoms with Gasteiger partial charge in [0.15, 0.2) is 0 Å². The van der Waals surface area contributed by atoms with Gasteiger partial charge in [0.05, 0.1) is 13.7 Å². The summed E-state index contributed by atoms with van der Waals surface area (Å²) in [6.45, 7) is 13.6. The zero-order valence-corrected chi connectivity index (χ0v) is 30.9. The number of pyridine rings is 2. The molecule has 0 atom stereocenters. The normalized spacial score (nSPS) is 11.6. The smallest absolute Gasteiger partial charge is 0.126 e. The summed E-state index contributed by atoms with van der Waals surface area (Å²) in [5, 5.41) is 3.24. The summed E-state index contributed by atoms with van der Waals surface area (Å²) in [6, 6.07) is 39.8. The number of benzene rings is 4. The quantitative estimate of drug-likeness (QED) is 0.131. The van der Waals surface area contributed by atoms with Crippen LogP contribution in [0.25, 0.3) is 55.6 Å². The Bertz CT molecular complexity index is 2130. The summed E-state index contributed by atoms with van der Waals surface area (Å²) in [6.07, 6.45) is 3.88. The fourth-order valence-corrected chi connectivity index (χ4v) is 7.03. The standard InChI is InChI=1S/C21H17FNO.C20H20NSi.Ir/c1-21(2,3)13-9-10-23-18(11-13)17-6-4-5-16-15-8-7-14(22)12-19(15)24-20(16)17;1-22(2,3)20-15-21-19(17-12-8-5-9-13-17)14-18(20)16-10-6-4-7-11-16;/h4-5,7-12H,1-3H3;4-12,14-15H,1-3H3;/q2*-1;. The first-order valence-electron chi connectivity index (χ1n) is 15.5. The second-order valence-electron chi connectivity index (χ2n) is 13.5. The molecule has 3 aromatic heterocycles. The molecule has 0 unspecified atom stereocenters. The van der Waals surface area contributed by atoms with Crippen LogP contribution in [0.4, 0.5) is 4.39 Å². The van der Waals surface area contributed by atoms with Crippen molar-refractivity contribution in [2.45, 2.75) is 45.8 Å². The van der Waals surface area contributed by atoms with Gasteiger partial charge in [-0.1, -0.05) is 93.8 Å². The van der Waals surface area contributed by atoms with E-state index < -0.39 is 8.07 Å². The van der Waals surface area contributed by atoms with Crippen LogP contribution in [-0.4, -0.2) is 18.0 Å². The van der Waals surface area contributed by atoms with E-state index in [0.717, 1.165) is 33.3 Å². The monoisotopic (exact) mass is 813 g/mol. The molecule has 6 heteroatoms. The maximum atomic E-state index is 13.5. The van der Waals surface area contributed by atoms with Gasteiger partial charge in [-0.25, -0.2) is 4.39 Å². The van der Waals surface area contributed by atoms with Gasteiger partial charge in [-0.2, -0.15) is 0 Å². The molecule has 239 valence electrons. The van der Waals surface area contributed by atoms with Gasteiger partial charge >= 0.3 is 0 Å². The minimum absolute atomic E-state index is 0. The predicted octanol–water partition coefficient (Wildman–Crippen LogP) is 10.6. The molecule has 0 saturated carbocycles. The van der Waals surface area contributed by atoms with E-state index in [1.54, 1.807) is 6.07 Å². The molecule has 7 rings (SSSR count). The number of rotatable bonds is 4. The van der Waals surface area contributed by atoms with Crippen molar-refractivity contribution in [1.29, 1.82) is 0 Å². The molecular formula is C41H37FIrN2OSi-2. The first-order valence-corrected chi connectivity index (χ1v) is 19.0. The van der Waals surface area contributed by atoms with Crippen molar-refractivity contribution in [1.82, 2.24) is 9.97 Å². The van der Waals surface area contributed by atoms with Crippen LogP contribution < -0.4 is 5.19 Å². The number of hydrogen-bond acceptors (Lipinski definition) is 3. The Kier molecular flexibility index (Phi) is 10.1. The minimum atomic E-state index is -1.46. The zero-order chi connectivity index (χ0) is 32.5. The molecule has 0 amide bonds. The molecule has 0 spiro atoms. The molecular weight excluding hydrogens is 776 g/mol. The van der Waals surface area contributed by atoms with E-state index in [1.165, 1.54) is 34.0 Å². The predicted molar refractivity (Wildman–Crippen MR) is 191 cm³/mol. The average Bonchev–Trinajstić information content (AvgIpc) is 3.42. The number of fused-ring (bicyclic) bond motifs is 3. The summed E-state index contributed by atoms with van der Waals surface area (Å²) < 4.78 is 19.4. The molecule has 3 nitrogen and oxygen atoms in total. The van der Waals surface area contributed by atoms with E-state index in [0.29, 0.717) is 11.2 Å². The van der Waals surface area contributed by atoms with E-state index in [4.69, 9.17) is 9.40 Å². The molecule has 0 aliphatic carbocycles. The second kappa shape index (κ2) is 13.9. The number of halogens is 1. The number of nitrogens with zero attached hydrogens (tertiary/aromatic N) is 2. The van der Waals surface area contributed by atoms with Crippen LogP contribution in [0.3, 0.4) is 0 Å². The van der Waals surface area contributed by atoms with E-state index in [-0.39, 0.29) is 31.3 Å². The van der Waals surface area contributed by atoms with E-state index in [1.807, 2.05) is 42.6 Å². The van der Waals surface area contributed by atoms with Crippen LogP contribution in [-0.2, 0) is 25.5 Å². The van der Waals surface area contributed by atoms with Gasteiger partial charge in [-0.15, -0.1) is 54.1 Å². The van der Waals surface area contributed by atoms with Crippen LogP contribution in [0, 0.1) is 17.9 Å². The van der Waals surface area contributed by atoms with Gasteiger partial charge in [-0.3, -0.25) is 0 Å². The summed E-state index contributed by atoms with van der Waals surface area (Å²) in [5.41, 5.74) is 8.67. The van der Waals surface area contributed by atoms with Crippen molar-refractivity contribution in [2.24, 2.45) is 0 Å². The van der Waals surface area contributed by atoms with Crippen molar-refractivity contribution in [3.63, 3.8) is 0 Å². The molecule has 0 saturated heterocycles. The van der Waals surface area contributed by atoms with Crippen molar-refractivity contribution < 1.29 is 28.9 Å². The van der Waals surface area contributed by atoms with Gasteiger partial charge in [0, 0.05) is 44.0 Å². The van der Waals surface area contributed by atoms with Gasteiger partial charge in [-0.05, 0) is 56.9 Å². The van der Waals surface area contributed by atoms with Gasteiger partial charge in [0.2, 0.25) is 0 Å². The Hall–Kier alpha value is -4.22. The zero-order valence-electron chi connectivity index (χ0n) is 27.5. The molecule has 0 aliphatic heterocycles. The van der Waals surface area contributed by atoms with Gasteiger partial charge < -0.3 is 14.4 Å². The van der Waals surface area contributed by atoms with Gasteiger partial charge in [0.25, 0.3) is 0 Å². The first-order chi connectivity index (χ1) is 22.0. The van der Waals surface area contributed by atoms with Crippen molar-refractivity contribution in [3.8, 4) is 33.6 Å². The Labute approximate surface area is 291 Å². The Morgan fingerprint density at radius 2 is 1.51 bits per heavy atom. The molecule has 7 aromatic rings. The number of furan rings is 1. The maximum absolute atomic E-state index is 13.5. The van der Waals surface area contributed by atoms with Crippen LogP contribution in [0.15, 0.2) is 120 Å². The van der Waals surface area contributed by atoms with Crippen LogP contribution in [0.5, 0.6) is 0 Å². The van der Waals surface area contributed by atoms with Crippen LogP contribution in [0.2, 0.25) is 19.6 Å². The summed E-state index contributed by atoms with van der Waals surface area (Å²) in [7, 11) is -1.46. The van der Waals surface area contributed by atoms with Gasteiger partial charge in [0.1, 0.15) is 11.4 Å². The summed E-state index contributed by atoms with van der Waals surface area (Å²) in [5.74, 6) is -0.306. The maximum Gasteiger partial charge on any atom is 0.126 e. The molecule has 0 N–H and O–H groups in total. The van der Waals surface area contributed by atoms with Crippen LogP contribution >= 0.6 is 0 Å². The van der Waals surface area contributed by atoms with Crippen molar-refractivity contribution >= 4 is 35.2 Å². The molecule has 4 aromatic carbocycles. The number of hydrogen-bond donors (Lipinski definition) is 0. The average molecular weight is 813 g/mol. The third kappa shape index (κ3) is 7.52. The van der Waals surface area contributed by atoms with Crippen molar-refractivity contribution in [3.05, 3.63) is 139 Å².